The Bertz CT molecular complexity index is 1140. The average molecular weight is 381 g/mol. The molecule has 0 saturated heterocycles. The molecule has 1 aromatic heterocycles. The zero-order chi connectivity index (χ0) is 19.1. The number of benzene rings is 2. The summed E-state index contributed by atoms with van der Waals surface area (Å²) in [5.74, 6) is -0.0962. The number of halogens is 2. The largest absolute Gasteiger partial charge is 0.382 e. The average Bonchev–Trinajstić information content (AvgIpc) is 3.51. The Kier molecular flexibility index (Phi) is 4.17. The number of nitrogens with zero attached hydrogens (tertiary/aromatic N) is 3. The van der Waals surface area contributed by atoms with E-state index < -0.39 is 11.4 Å². The molecule has 0 atom stereocenters. The van der Waals surface area contributed by atoms with E-state index in [1.165, 1.54) is 35.1 Å². The van der Waals surface area contributed by atoms with E-state index in [1.54, 1.807) is 6.07 Å². The van der Waals surface area contributed by atoms with Gasteiger partial charge in [0.1, 0.15) is 28.6 Å². The maximum atomic E-state index is 14.1. The highest BCUT2D eigenvalue weighted by Crippen LogP contribution is 2.40. The predicted molar refractivity (Wildman–Crippen MR) is 101 cm³/mol. The normalized spacial score (nSPS) is 13.4. The smallest absolute Gasteiger partial charge is 0.279 e. The number of nitrogen functional groups attached to an aromatic ring is 1. The topological polar surface area (TPSA) is 84.7 Å². The molecule has 134 valence electrons. The fourth-order valence-corrected chi connectivity index (χ4v) is 3.13. The van der Waals surface area contributed by atoms with Gasteiger partial charge >= 0.3 is 0 Å². The zero-order valence-corrected chi connectivity index (χ0v) is 14.9. The Morgan fingerprint density at radius 2 is 1.93 bits per heavy atom. The molecular formula is C20H14ClFN4O. The molecule has 1 aliphatic rings. The highest BCUT2D eigenvalue weighted by molar-refractivity contribution is 6.32. The molecule has 3 aromatic rings. The van der Waals surface area contributed by atoms with Crippen molar-refractivity contribution >= 4 is 17.4 Å². The van der Waals surface area contributed by atoms with Crippen molar-refractivity contribution in [3.63, 3.8) is 0 Å². The Balaban J connectivity index is 1.92. The van der Waals surface area contributed by atoms with Gasteiger partial charge in [0.15, 0.2) is 0 Å². The maximum absolute atomic E-state index is 14.1. The fourth-order valence-electron chi connectivity index (χ4n) is 3.01. The van der Waals surface area contributed by atoms with Crippen molar-refractivity contribution in [2.45, 2.75) is 18.8 Å². The third-order valence-electron chi connectivity index (χ3n) is 4.60. The third kappa shape index (κ3) is 3.07. The Morgan fingerprint density at radius 1 is 1.22 bits per heavy atom. The quantitative estimate of drug-likeness (QED) is 0.743. The lowest BCUT2D eigenvalue weighted by Crippen LogP contribution is -2.23. The molecule has 1 fully saturated rings. The summed E-state index contributed by atoms with van der Waals surface area (Å²) in [6.07, 6.45) is 2.34. The first-order chi connectivity index (χ1) is 13.0. The number of aromatic nitrogens is 2. The first kappa shape index (κ1) is 17.3. The van der Waals surface area contributed by atoms with Gasteiger partial charge in [-0.15, -0.1) is 0 Å². The summed E-state index contributed by atoms with van der Waals surface area (Å²) >= 11 is 6.02. The van der Waals surface area contributed by atoms with Gasteiger partial charge in [0, 0.05) is 5.56 Å². The van der Waals surface area contributed by atoms with Crippen LogP contribution in [0.15, 0.2) is 47.3 Å². The number of rotatable bonds is 3. The standard InChI is InChI=1S/C20H14ClFN4O/c21-17-18(24)25-19(13-3-4-14(10-23)16(22)9-13)26(20(17)27)15-7-5-12(6-8-15)11-1-2-11/h3-9,11H,1-2,24H2. The summed E-state index contributed by atoms with van der Waals surface area (Å²) in [7, 11) is 0. The fraction of sp³-hybridized carbons (Fsp3) is 0.150. The van der Waals surface area contributed by atoms with Crippen LogP contribution < -0.4 is 11.3 Å². The van der Waals surface area contributed by atoms with Crippen LogP contribution >= 0.6 is 11.6 Å². The maximum Gasteiger partial charge on any atom is 0.279 e. The minimum absolute atomic E-state index is 0.0941. The molecule has 1 saturated carbocycles. The number of nitriles is 1. The monoisotopic (exact) mass is 380 g/mol. The van der Waals surface area contributed by atoms with Crippen molar-refractivity contribution in [2.24, 2.45) is 0 Å². The molecule has 1 heterocycles. The molecule has 5 nitrogen and oxygen atoms in total. The molecule has 0 amide bonds. The lowest BCUT2D eigenvalue weighted by Gasteiger charge is -2.14. The summed E-state index contributed by atoms with van der Waals surface area (Å²) in [6.45, 7) is 0. The summed E-state index contributed by atoms with van der Waals surface area (Å²) in [6, 6.07) is 13.3. The van der Waals surface area contributed by atoms with Crippen LogP contribution in [0, 0.1) is 17.1 Å². The number of hydrogen-bond donors (Lipinski definition) is 1. The minimum atomic E-state index is -0.701. The van der Waals surface area contributed by atoms with E-state index in [1.807, 2.05) is 24.3 Å². The van der Waals surface area contributed by atoms with Gasteiger partial charge in [-0.1, -0.05) is 23.7 Å². The van der Waals surface area contributed by atoms with Crippen molar-refractivity contribution < 1.29 is 4.39 Å². The summed E-state index contributed by atoms with van der Waals surface area (Å²) in [5.41, 5.74) is 7.22. The van der Waals surface area contributed by atoms with Crippen LogP contribution in [0.2, 0.25) is 5.02 Å². The molecule has 2 N–H and O–H groups in total. The van der Waals surface area contributed by atoms with Crippen molar-refractivity contribution in [3.05, 3.63) is 74.8 Å². The predicted octanol–water partition coefficient (Wildman–Crippen LogP) is 4.02. The molecule has 0 unspecified atom stereocenters. The molecule has 0 bridgehead atoms. The lowest BCUT2D eigenvalue weighted by molar-refractivity contribution is 0.624. The van der Waals surface area contributed by atoms with Crippen LogP contribution in [0.25, 0.3) is 17.1 Å². The Morgan fingerprint density at radius 3 is 2.52 bits per heavy atom. The van der Waals surface area contributed by atoms with E-state index in [-0.39, 0.29) is 22.2 Å². The van der Waals surface area contributed by atoms with Gasteiger partial charge in [-0.05, 0) is 54.7 Å². The van der Waals surface area contributed by atoms with Crippen LogP contribution in [0.4, 0.5) is 10.2 Å². The van der Waals surface area contributed by atoms with Gasteiger partial charge in [0.05, 0.1) is 11.3 Å². The van der Waals surface area contributed by atoms with Crippen molar-refractivity contribution in [1.29, 1.82) is 5.26 Å². The molecule has 27 heavy (non-hydrogen) atoms. The zero-order valence-electron chi connectivity index (χ0n) is 14.1. The van der Waals surface area contributed by atoms with Crippen LogP contribution in [0.3, 0.4) is 0 Å². The molecular weight excluding hydrogens is 367 g/mol. The van der Waals surface area contributed by atoms with E-state index in [9.17, 15) is 9.18 Å². The highest BCUT2D eigenvalue weighted by Gasteiger charge is 2.23. The number of nitrogens with two attached hydrogens (primary N) is 1. The van der Waals surface area contributed by atoms with Crippen molar-refractivity contribution in [1.82, 2.24) is 9.55 Å². The Hall–Kier alpha value is -3.17. The molecule has 4 rings (SSSR count). The van der Waals surface area contributed by atoms with Gasteiger partial charge in [0.25, 0.3) is 5.56 Å². The number of anilines is 1. The second-order valence-corrected chi connectivity index (χ2v) is 6.83. The first-order valence-corrected chi connectivity index (χ1v) is 8.75. The highest BCUT2D eigenvalue weighted by atomic mass is 35.5. The molecule has 2 aromatic carbocycles. The van der Waals surface area contributed by atoms with Crippen LogP contribution in [0.1, 0.15) is 29.9 Å². The van der Waals surface area contributed by atoms with Gasteiger partial charge < -0.3 is 5.73 Å². The van der Waals surface area contributed by atoms with Gasteiger partial charge in [-0.25, -0.2) is 9.37 Å². The van der Waals surface area contributed by atoms with Crippen molar-refractivity contribution in [3.8, 4) is 23.1 Å². The van der Waals surface area contributed by atoms with E-state index in [0.29, 0.717) is 17.2 Å². The second-order valence-electron chi connectivity index (χ2n) is 6.45. The van der Waals surface area contributed by atoms with E-state index >= 15 is 0 Å². The summed E-state index contributed by atoms with van der Waals surface area (Å²) in [4.78, 5) is 17.0. The third-order valence-corrected chi connectivity index (χ3v) is 4.96. The van der Waals surface area contributed by atoms with Crippen LogP contribution in [-0.4, -0.2) is 9.55 Å². The summed E-state index contributed by atoms with van der Waals surface area (Å²) in [5, 5.41) is 8.72. The number of hydrogen-bond acceptors (Lipinski definition) is 4. The lowest BCUT2D eigenvalue weighted by atomic mass is 10.1. The Labute approximate surface area is 159 Å². The molecule has 0 radical (unpaired) electrons. The molecule has 0 spiro atoms. The molecule has 0 aliphatic heterocycles. The van der Waals surface area contributed by atoms with E-state index in [2.05, 4.69) is 4.98 Å². The van der Waals surface area contributed by atoms with Gasteiger partial charge in [0.2, 0.25) is 0 Å². The van der Waals surface area contributed by atoms with Crippen molar-refractivity contribution in [2.75, 3.05) is 5.73 Å². The van der Waals surface area contributed by atoms with E-state index in [4.69, 9.17) is 22.6 Å². The molecule has 1 aliphatic carbocycles. The van der Waals surface area contributed by atoms with Gasteiger partial charge in [-0.2, -0.15) is 5.26 Å². The summed E-state index contributed by atoms with van der Waals surface area (Å²) < 4.78 is 15.4. The van der Waals surface area contributed by atoms with Gasteiger partial charge in [-0.3, -0.25) is 9.36 Å². The first-order valence-electron chi connectivity index (χ1n) is 8.38. The van der Waals surface area contributed by atoms with Crippen LogP contribution in [-0.2, 0) is 0 Å². The SMILES string of the molecule is N#Cc1ccc(-c2nc(N)c(Cl)c(=O)n2-c2ccc(C3CC3)cc2)cc1F. The minimum Gasteiger partial charge on any atom is -0.382 e. The van der Waals surface area contributed by atoms with E-state index in [0.717, 1.165) is 6.07 Å². The molecule has 7 heteroatoms. The van der Waals surface area contributed by atoms with Crippen LogP contribution in [0.5, 0.6) is 0 Å². The second kappa shape index (κ2) is 6.53.